The van der Waals surface area contributed by atoms with Crippen LogP contribution < -0.4 is 4.72 Å². The van der Waals surface area contributed by atoms with Gasteiger partial charge in [-0.2, -0.15) is 0 Å². The molecule has 6 nitrogen and oxygen atoms in total. The number of nitrogens with one attached hydrogen (secondary N) is 1. The Hall–Kier alpha value is -2.25. The van der Waals surface area contributed by atoms with Gasteiger partial charge in [-0.25, -0.2) is 13.1 Å². The fourth-order valence-electron chi connectivity index (χ4n) is 2.28. The second-order valence-electron chi connectivity index (χ2n) is 5.22. The highest BCUT2D eigenvalue weighted by Crippen LogP contribution is 2.22. The van der Waals surface area contributed by atoms with Gasteiger partial charge in [0, 0.05) is 12.6 Å². The minimum atomic E-state index is -3.89. The third kappa shape index (κ3) is 4.61. The van der Waals surface area contributed by atoms with Crippen LogP contribution in [0, 0.1) is 17.0 Å². The van der Waals surface area contributed by atoms with Crippen LogP contribution >= 0.6 is 0 Å². The first kappa shape index (κ1) is 17.1. The van der Waals surface area contributed by atoms with Crippen molar-refractivity contribution in [3.63, 3.8) is 0 Å². The number of para-hydroxylation sites is 1. The van der Waals surface area contributed by atoms with Crippen molar-refractivity contribution in [1.29, 1.82) is 0 Å². The maximum atomic E-state index is 12.2. The molecule has 0 aliphatic carbocycles. The average molecular weight is 334 g/mol. The van der Waals surface area contributed by atoms with Crippen molar-refractivity contribution in [1.82, 2.24) is 4.72 Å². The zero-order chi connectivity index (χ0) is 16.9. The lowest BCUT2D eigenvalue weighted by Crippen LogP contribution is -2.25. The number of nitro benzene ring substituents is 1. The second kappa shape index (κ2) is 7.34. The maximum absolute atomic E-state index is 12.2. The van der Waals surface area contributed by atoms with Gasteiger partial charge in [-0.15, -0.1) is 0 Å². The molecule has 0 radical (unpaired) electrons. The Balaban J connectivity index is 1.98. The van der Waals surface area contributed by atoms with Gasteiger partial charge in [0.15, 0.2) is 4.90 Å². The summed E-state index contributed by atoms with van der Waals surface area (Å²) in [6.45, 7) is 2.23. The maximum Gasteiger partial charge on any atom is 0.289 e. The van der Waals surface area contributed by atoms with Gasteiger partial charge in [-0.3, -0.25) is 10.1 Å². The molecule has 0 saturated carbocycles. The van der Waals surface area contributed by atoms with Crippen LogP contribution in [0.2, 0.25) is 0 Å². The van der Waals surface area contributed by atoms with E-state index >= 15 is 0 Å². The summed E-state index contributed by atoms with van der Waals surface area (Å²) in [5, 5.41) is 10.9. The minimum absolute atomic E-state index is 0.225. The van der Waals surface area contributed by atoms with E-state index in [1.165, 1.54) is 24.3 Å². The molecule has 0 atom stereocenters. The number of nitro groups is 1. The van der Waals surface area contributed by atoms with E-state index in [9.17, 15) is 18.5 Å². The molecule has 0 spiro atoms. The van der Waals surface area contributed by atoms with E-state index in [0.29, 0.717) is 6.42 Å². The fourth-order valence-corrected chi connectivity index (χ4v) is 3.52. The lowest BCUT2D eigenvalue weighted by molar-refractivity contribution is -0.387. The topological polar surface area (TPSA) is 89.3 Å². The molecule has 2 aromatic rings. The molecule has 0 fully saturated rings. The van der Waals surface area contributed by atoms with Crippen LogP contribution in [-0.2, 0) is 16.4 Å². The number of benzene rings is 2. The van der Waals surface area contributed by atoms with Gasteiger partial charge in [0.2, 0.25) is 10.0 Å². The highest BCUT2D eigenvalue weighted by atomic mass is 32.2. The fraction of sp³-hybridized carbons (Fsp3) is 0.250. The van der Waals surface area contributed by atoms with Gasteiger partial charge in [-0.05, 0) is 31.4 Å². The monoisotopic (exact) mass is 334 g/mol. The highest BCUT2D eigenvalue weighted by Gasteiger charge is 2.24. The van der Waals surface area contributed by atoms with Gasteiger partial charge in [-0.1, -0.05) is 42.0 Å². The standard InChI is InChI=1S/C16H18N2O4S/c1-13-6-4-7-14(12-13)8-5-11-17-23(21,22)16-10-3-2-9-15(16)18(19)20/h2-4,6-7,9-10,12,17H,5,8,11H2,1H3. The van der Waals surface area contributed by atoms with Crippen molar-refractivity contribution >= 4 is 15.7 Å². The number of rotatable bonds is 7. The van der Waals surface area contributed by atoms with E-state index in [1.807, 2.05) is 25.1 Å². The molecule has 0 aliphatic heterocycles. The molecule has 2 aromatic carbocycles. The van der Waals surface area contributed by atoms with Crippen molar-refractivity contribution in [2.45, 2.75) is 24.7 Å². The van der Waals surface area contributed by atoms with E-state index in [1.54, 1.807) is 0 Å². The molecule has 1 N–H and O–H groups in total. The van der Waals surface area contributed by atoms with Gasteiger partial charge < -0.3 is 0 Å². The summed E-state index contributed by atoms with van der Waals surface area (Å²) >= 11 is 0. The first-order valence-corrected chi connectivity index (χ1v) is 8.67. The van der Waals surface area contributed by atoms with Gasteiger partial charge in [0.05, 0.1) is 4.92 Å². The molecule has 0 bridgehead atoms. The van der Waals surface area contributed by atoms with Crippen molar-refractivity contribution in [2.24, 2.45) is 0 Å². The quantitative estimate of drug-likeness (QED) is 0.479. The Kier molecular flexibility index (Phi) is 5.46. The van der Waals surface area contributed by atoms with Crippen molar-refractivity contribution < 1.29 is 13.3 Å². The van der Waals surface area contributed by atoms with E-state index in [0.717, 1.165) is 17.5 Å². The summed E-state index contributed by atoms with van der Waals surface area (Å²) < 4.78 is 26.8. The van der Waals surface area contributed by atoms with Crippen molar-refractivity contribution in [3.05, 3.63) is 69.8 Å². The average Bonchev–Trinajstić information content (AvgIpc) is 2.52. The summed E-state index contributed by atoms with van der Waals surface area (Å²) in [7, 11) is -3.89. The third-order valence-electron chi connectivity index (χ3n) is 3.37. The SMILES string of the molecule is Cc1cccc(CCCNS(=O)(=O)c2ccccc2[N+](=O)[O-])c1. The van der Waals surface area contributed by atoms with Crippen LogP contribution in [0.15, 0.2) is 53.4 Å². The van der Waals surface area contributed by atoms with E-state index in [-0.39, 0.29) is 11.4 Å². The van der Waals surface area contributed by atoms with Gasteiger partial charge in [0.25, 0.3) is 5.69 Å². The third-order valence-corrected chi connectivity index (χ3v) is 4.88. The molecule has 23 heavy (non-hydrogen) atoms. The lowest BCUT2D eigenvalue weighted by Gasteiger charge is -2.07. The molecule has 2 rings (SSSR count). The Morgan fingerprint density at radius 3 is 2.57 bits per heavy atom. The van der Waals surface area contributed by atoms with E-state index < -0.39 is 20.6 Å². The number of aryl methyl sites for hydroxylation is 2. The largest absolute Gasteiger partial charge is 0.289 e. The number of nitrogens with zero attached hydrogens (tertiary/aromatic N) is 1. The second-order valence-corrected chi connectivity index (χ2v) is 6.95. The zero-order valence-electron chi connectivity index (χ0n) is 12.7. The van der Waals surface area contributed by atoms with Crippen LogP contribution in [-0.4, -0.2) is 19.9 Å². The molecule has 0 aliphatic rings. The van der Waals surface area contributed by atoms with Crippen LogP contribution in [0.4, 0.5) is 5.69 Å². The van der Waals surface area contributed by atoms with Gasteiger partial charge in [0.1, 0.15) is 0 Å². The smallest absolute Gasteiger partial charge is 0.258 e. The molecule has 0 saturated heterocycles. The Bertz CT molecular complexity index is 803. The summed E-state index contributed by atoms with van der Waals surface area (Å²) in [6.07, 6.45) is 1.35. The van der Waals surface area contributed by atoms with Crippen LogP contribution in [0.25, 0.3) is 0 Å². The zero-order valence-corrected chi connectivity index (χ0v) is 13.5. The summed E-state index contributed by atoms with van der Waals surface area (Å²) in [6, 6.07) is 13.3. The number of sulfonamides is 1. The predicted octanol–water partition coefficient (Wildman–Crippen LogP) is 2.81. The van der Waals surface area contributed by atoms with Gasteiger partial charge >= 0.3 is 0 Å². The predicted molar refractivity (Wildman–Crippen MR) is 87.8 cm³/mol. The molecule has 0 amide bonds. The van der Waals surface area contributed by atoms with Crippen LogP contribution in [0.1, 0.15) is 17.5 Å². The Morgan fingerprint density at radius 2 is 1.87 bits per heavy atom. The van der Waals surface area contributed by atoms with E-state index in [2.05, 4.69) is 10.8 Å². The van der Waals surface area contributed by atoms with Crippen molar-refractivity contribution in [2.75, 3.05) is 6.54 Å². The van der Waals surface area contributed by atoms with Crippen LogP contribution in [0.5, 0.6) is 0 Å². The Morgan fingerprint density at radius 1 is 1.13 bits per heavy atom. The molecule has 0 heterocycles. The Labute approximate surface area is 135 Å². The molecular weight excluding hydrogens is 316 g/mol. The molecule has 122 valence electrons. The molecule has 0 aromatic heterocycles. The lowest BCUT2D eigenvalue weighted by atomic mass is 10.1. The highest BCUT2D eigenvalue weighted by molar-refractivity contribution is 7.89. The first-order chi connectivity index (χ1) is 10.9. The van der Waals surface area contributed by atoms with Crippen molar-refractivity contribution in [3.8, 4) is 0 Å². The molecular formula is C16H18N2O4S. The molecule has 7 heteroatoms. The molecule has 0 unspecified atom stereocenters. The van der Waals surface area contributed by atoms with Crippen LogP contribution in [0.3, 0.4) is 0 Å². The summed E-state index contributed by atoms with van der Waals surface area (Å²) in [4.78, 5) is 9.93. The normalized spacial score (nSPS) is 11.3. The number of hydrogen-bond donors (Lipinski definition) is 1. The summed E-state index contributed by atoms with van der Waals surface area (Å²) in [5.74, 6) is 0. The number of hydrogen-bond acceptors (Lipinski definition) is 4. The summed E-state index contributed by atoms with van der Waals surface area (Å²) in [5.41, 5.74) is 1.87. The minimum Gasteiger partial charge on any atom is -0.258 e. The van der Waals surface area contributed by atoms with E-state index in [4.69, 9.17) is 0 Å². The first-order valence-electron chi connectivity index (χ1n) is 7.19.